The number of nitrogens with one attached hydrogen (secondary N) is 2. The lowest BCUT2D eigenvalue weighted by Gasteiger charge is -2.08. The van der Waals surface area contributed by atoms with E-state index in [4.69, 9.17) is 5.73 Å². The molecule has 0 saturated heterocycles. The molecule has 3 rings (SSSR count). The zero-order valence-electron chi connectivity index (χ0n) is 10.7. The van der Waals surface area contributed by atoms with Gasteiger partial charge >= 0.3 is 0 Å². The lowest BCUT2D eigenvalue weighted by molar-refractivity contribution is 0.101. The summed E-state index contributed by atoms with van der Waals surface area (Å²) < 4.78 is 0. The molecule has 2 aromatic heterocycles. The molecule has 0 unspecified atom stereocenters. The number of para-hydroxylation sites is 1. The summed E-state index contributed by atoms with van der Waals surface area (Å²) in [5.41, 5.74) is 7.69. The number of rotatable bonds is 2. The minimum absolute atomic E-state index is 0.0333. The van der Waals surface area contributed by atoms with Gasteiger partial charge in [-0.25, -0.2) is 0 Å². The SMILES string of the molecule is Cc1cc(NC(=O)c2nc(N)n[nH]2)c2ccccc2n1. The molecule has 7 nitrogen and oxygen atoms in total. The number of amides is 1. The monoisotopic (exact) mass is 268 g/mol. The third-order valence-electron chi connectivity index (χ3n) is 2.81. The molecule has 3 aromatic rings. The van der Waals surface area contributed by atoms with E-state index in [1.165, 1.54) is 0 Å². The summed E-state index contributed by atoms with van der Waals surface area (Å²) >= 11 is 0. The Hall–Kier alpha value is -2.96. The molecule has 0 aliphatic rings. The number of pyridine rings is 1. The number of fused-ring (bicyclic) bond motifs is 1. The second-order valence-electron chi connectivity index (χ2n) is 4.32. The molecule has 0 saturated carbocycles. The Kier molecular flexibility index (Phi) is 2.79. The molecule has 1 amide bonds. The van der Waals surface area contributed by atoms with Crippen LogP contribution in [0.3, 0.4) is 0 Å². The number of H-pyrrole nitrogens is 1. The van der Waals surface area contributed by atoms with Gasteiger partial charge in [0.2, 0.25) is 11.8 Å². The van der Waals surface area contributed by atoms with Gasteiger partial charge < -0.3 is 11.1 Å². The maximum Gasteiger partial charge on any atom is 0.293 e. The summed E-state index contributed by atoms with van der Waals surface area (Å²) in [6, 6.07) is 9.38. The van der Waals surface area contributed by atoms with Crippen molar-refractivity contribution in [3.05, 3.63) is 41.9 Å². The summed E-state index contributed by atoms with van der Waals surface area (Å²) in [6.07, 6.45) is 0. The number of hydrogen-bond donors (Lipinski definition) is 3. The predicted octanol–water partition coefficient (Wildman–Crippen LogP) is 1.50. The highest BCUT2D eigenvalue weighted by Gasteiger charge is 2.13. The van der Waals surface area contributed by atoms with E-state index >= 15 is 0 Å². The number of carbonyl (C=O) groups is 1. The minimum atomic E-state index is -0.398. The fraction of sp³-hybridized carbons (Fsp3) is 0.0769. The number of carbonyl (C=O) groups excluding carboxylic acids is 1. The van der Waals surface area contributed by atoms with Crippen LogP contribution in [0, 0.1) is 6.92 Å². The Morgan fingerprint density at radius 1 is 1.30 bits per heavy atom. The van der Waals surface area contributed by atoms with Crippen LogP contribution in [0.15, 0.2) is 30.3 Å². The van der Waals surface area contributed by atoms with Crippen molar-refractivity contribution in [3.63, 3.8) is 0 Å². The number of benzene rings is 1. The minimum Gasteiger partial charge on any atom is -0.366 e. The molecule has 0 spiro atoms. The van der Waals surface area contributed by atoms with Crippen LogP contribution < -0.4 is 11.1 Å². The molecule has 0 aliphatic carbocycles. The number of aromatic amines is 1. The van der Waals surface area contributed by atoms with Gasteiger partial charge in [-0.1, -0.05) is 18.2 Å². The zero-order chi connectivity index (χ0) is 14.1. The number of nitrogen functional groups attached to an aromatic ring is 1. The number of nitrogens with zero attached hydrogens (tertiary/aromatic N) is 3. The van der Waals surface area contributed by atoms with Crippen molar-refractivity contribution in [2.24, 2.45) is 0 Å². The van der Waals surface area contributed by atoms with Crippen LogP contribution >= 0.6 is 0 Å². The van der Waals surface area contributed by atoms with Crippen LogP contribution in [-0.4, -0.2) is 26.1 Å². The number of aryl methyl sites for hydroxylation is 1. The molecule has 100 valence electrons. The Morgan fingerprint density at radius 2 is 2.10 bits per heavy atom. The number of anilines is 2. The highest BCUT2D eigenvalue weighted by Crippen LogP contribution is 2.23. The molecule has 0 bridgehead atoms. The largest absolute Gasteiger partial charge is 0.366 e. The van der Waals surface area contributed by atoms with Crippen molar-refractivity contribution in [2.45, 2.75) is 6.92 Å². The van der Waals surface area contributed by atoms with Crippen LogP contribution in [0.2, 0.25) is 0 Å². The van der Waals surface area contributed by atoms with Crippen LogP contribution in [0.5, 0.6) is 0 Å². The lowest BCUT2D eigenvalue weighted by atomic mass is 10.1. The molecule has 2 heterocycles. The van der Waals surface area contributed by atoms with Gasteiger partial charge in [-0.05, 0) is 19.1 Å². The van der Waals surface area contributed by atoms with Crippen molar-refractivity contribution in [1.82, 2.24) is 20.2 Å². The van der Waals surface area contributed by atoms with E-state index in [0.717, 1.165) is 16.6 Å². The summed E-state index contributed by atoms with van der Waals surface area (Å²) in [5.74, 6) is -0.295. The highest BCUT2D eigenvalue weighted by atomic mass is 16.2. The van der Waals surface area contributed by atoms with Crippen LogP contribution in [0.1, 0.15) is 16.3 Å². The van der Waals surface area contributed by atoms with Crippen molar-refractivity contribution < 1.29 is 4.79 Å². The Bertz CT molecular complexity index is 794. The van der Waals surface area contributed by atoms with Gasteiger partial charge in [0.1, 0.15) is 0 Å². The summed E-state index contributed by atoms with van der Waals surface area (Å²) in [7, 11) is 0. The van der Waals surface area contributed by atoms with Crippen LogP contribution in [0.25, 0.3) is 10.9 Å². The van der Waals surface area contributed by atoms with E-state index in [1.807, 2.05) is 31.2 Å². The van der Waals surface area contributed by atoms with Gasteiger partial charge in [-0.15, -0.1) is 5.10 Å². The quantitative estimate of drug-likeness (QED) is 0.652. The first-order valence-corrected chi connectivity index (χ1v) is 5.99. The van der Waals surface area contributed by atoms with E-state index in [-0.39, 0.29) is 11.8 Å². The van der Waals surface area contributed by atoms with Crippen molar-refractivity contribution >= 4 is 28.4 Å². The summed E-state index contributed by atoms with van der Waals surface area (Å²) in [5, 5.41) is 9.75. The van der Waals surface area contributed by atoms with E-state index in [9.17, 15) is 4.79 Å². The lowest BCUT2D eigenvalue weighted by Crippen LogP contribution is -2.14. The first kappa shape index (κ1) is 12.1. The van der Waals surface area contributed by atoms with E-state index < -0.39 is 5.91 Å². The molecule has 7 heteroatoms. The first-order valence-electron chi connectivity index (χ1n) is 5.99. The van der Waals surface area contributed by atoms with E-state index in [1.54, 1.807) is 6.07 Å². The zero-order valence-corrected chi connectivity index (χ0v) is 10.7. The molecule has 20 heavy (non-hydrogen) atoms. The smallest absolute Gasteiger partial charge is 0.293 e. The molecule has 4 N–H and O–H groups in total. The molecule has 0 aliphatic heterocycles. The van der Waals surface area contributed by atoms with E-state index in [2.05, 4.69) is 25.5 Å². The third-order valence-corrected chi connectivity index (χ3v) is 2.81. The maximum absolute atomic E-state index is 12.1. The molecule has 0 radical (unpaired) electrons. The average molecular weight is 268 g/mol. The molecule has 1 aromatic carbocycles. The fourth-order valence-corrected chi connectivity index (χ4v) is 1.97. The fourth-order valence-electron chi connectivity index (χ4n) is 1.97. The molecule has 0 fully saturated rings. The van der Waals surface area contributed by atoms with E-state index in [0.29, 0.717) is 5.69 Å². The summed E-state index contributed by atoms with van der Waals surface area (Å²) in [6.45, 7) is 1.87. The highest BCUT2D eigenvalue weighted by molar-refractivity contribution is 6.06. The van der Waals surface area contributed by atoms with Gasteiger partial charge in [0, 0.05) is 11.1 Å². The molecule has 0 atom stereocenters. The Labute approximate surface area is 114 Å². The number of nitrogens with two attached hydrogens (primary N) is 1. The topological polar surface area (TPSA) is 110 Å². The Morgan fingerprint density at radius 3 is 2.85 bits per heavy atom. The first-order chi connectivity index (χ1) is 9.63. The second-order valence-corrected chi connectivity index (χ2v) is 4.32. The number of hydrogen-bond acceptors (Lipinski definition) is 5. The van der Waals surface area contributed by atoms with Crippen LogP contribution in [-0.2, 0) is 0 Å². The summed E-state index contributed by atoms with van der Waals surface area (Å²) in [4.78, 5) is 20.3. The second kappa shape index (κ2) is 4.61. The van der Waals surface area contributed by atoms with Crippen molar-refractivity contribution in [3.8, 4) is 0 Å². The van der Waals surface area contributed by atoms with Gasteiger partial charge in [0.05, 0.1) is 11.2 Å². The normalized spacial score (nSPS) is 10.7. The van der Waals surface area contributed by atoms with Crippen molar-refractivity contribution in [1.29, 1.82) is 0 Å². The third kappa shape index (κ3) is 2.16. The predicted molar refractivity (Wildman–Crippen MR) is 75.2 cm³/mol. The van der Waals surface area contributed by atoms with Gasteiger partial charge in [-0.2, -0.15) is 4.98 Å². The van der Waals surface area contributed by atoms with Gasteiger partial charge in [0.25, 0.3) is 5.91 Å². The Balaban J connectivity index is 2.00. The van der Waals surface area contributed by atoms with Gasteiger partial charge in [0.15, 0.2) is 0 Å². The van der Waals surface area contributed by atoms with Gasteiger partial charge in [-0.3, -0.25) is 14.9 Å². The maximum atomic E-state index is 12.1. The van der Waals surface area contributed by atoms with Crippen LogP contribution in [0.4, 0.5) is 11.6 Å². The standard InChI is InChI=1S/C13H12N6O/c1-7-6-10(8-4-2-3-5-9(8)15-7)16-12(20)11-17-13(14)19-18-11/h2-6H,1H3,(H,15,16,20)(H3,14,17,18,19). The molecular formula is C13H12N6O. The average Bonchev–Trinajstić information content (AvgIpc) is 2.85. The number of aromatic nitrogens is 4. The van der Waals surface area contributed by atoms with Crippen molar-refractivity contribution in [2.75, 3.05) is 11.1 Å². The molecular weight excluding hydrogens is 256 g/mol.